The molecule has 0 bridgehead atoms. The van der Waals surface area contributed by atoms with Gasteiger partial charge >= 0.3 is 5.69 Å². The predicted molar refractivity (Wildman–Crippen MR) is 121 cm³/mol. The van der Waals surface area contributed by atoms with Crippen molar-refractivity contribution in [3.05, 3.63) is 62.0 Å². The Morgan fingerprint density at radius 1 is 1.22 bits per heavy atom. The highest BCUT2D eigenvalue weighted by Crippen LogP contribution is 2.31. The molecule has 1 aliphatic heterocycles. The van der Waals surface area contributed by atoms with E-state index in [0.717, 1.165) is 36.2 Å². The van der Waals surface area contributed by atoms with Crippen LogP contribution < -0.4 is 21.9 Å². The van der Waals surface area contributed by atoms with E-state index in [4.69, 9.17) is 5.73 Å². The Kier molecular flexibility index (Phi) is 5.42. The Hall–Kier alpha value is -3.38. The normalized spacial score (nSPS) is 18.8. The molecule has 0 unspecified atom stereocenters. The summed E-state index contributed by atoms with van der Waals surface area (Å²) in [6.07, 6.45) is 2.61. The molecule has 8 nitrogen and oxygen atoms in total. The summed E-state index contributed by atoms with van der Waals surface area (Å²) in [5.74, 6) is 0.275. The number of nitrogens with two attached hydrogens (primary N) is 1. The molecule has 2 N–H and O–H groups in total. The molecule has 32 heavy (non-hydrogen) atoms. The maximum absolute atomic E-state index is 14.0. The van der Waals surface area contributed by atoms with Crippen molar-refractivity contribution in [1.82, 2.24) is 13.7 Å². The maximum Gasteiger partial charge on any atom is 0.331 e. The summed E-state index contributed by atoms with van der Waals surface area (Å²) >= 11 is 0. The molecule has 0 radical (unpaired) electrons. The molecule has 3 heterocycles. The third-order valence-corrected chi connectivity index (χ3v) is 6.65. The molecule has 1 saturated heterocycles. The monoisotopic (exact) mass is 438 g/mol. The largest absolute Gasteiger partial charge is 0.356 e. The van der Waals surface area contributed by atoms with Crippen molar-refractivity contribution in [2.75, 3.05) is 18.0 Å². The zero-order chi connectivity index (χ0) is 23.2. The molecule has 0 spiro atoms. The highest BCUT2D eigenvalue weighted by Gasteiger charge is 2.32. The highest BCUT2D eigenvalue weighted by molar-refractivity contribution is 5.81. The number of fused-ring (bicyclic) bond motifs is 1. The molecule has 1 aliphatic rings. The summed E-state index contributed by atoms with van der Waals surface area (Å²) in [5.41, 5.74) is 7.01. The van der Waals surface area contributed by atoms with Gasteiger partial charge in [-0.1, -0.05) is 6.92 Å². The number of hydrogen-bond acceptors (Lipinski definition) is 5. The first-order chi connectivity index (χ1) is 15.2. The molecule has 0 saturated carbocycles. The minimum Gasteiger partial charge on any atom is -0.356 e. The van der Waals surface area contributed by atoms with Gasteiger partial charge in [-0.15, -0.1) is 0 Å². The third-order valence-electron chi connectivity index (χ3n) is 6.65. The minimum absolute atomic E-state index is 0.118. The third kappa shape index (κ3) is 3.50. The number of nitriles is 1. The van der Waals surface area contributed by atoms with Gasteiger partial charge in [0.25, 0.3) is 5.56 Å². The van der Waals surface area contributed by atoms with E-state index in [-0.39, 0.29) is 12.1 Å². The Balaban J connectivity index is 1.98. The van der Waals surface area contributed by atoms with Crippen molar-refractivity contribution >= 4 is 16.9 Å². The van der Waals surface area contributed by atoms with Crippen molar-refractivity contribution in [3.8, 4) is 6.07 Å². The van der Waals surface area contributed by atoms with E-state index in [0.29, 0.717) is 28.7 Å². The van der Waals surface area contributed by atoms with Crippen molar-refractivity contribution in [1.29, 1.82) is 5.26 Å². The van der Waals surface area contributed by atoms with E-state index in [1.165, 1.54) is 29.8 Å². The van der Waals surface area contributed by atoms with Gasteiger partial charge in [0.2, 0.25) is 0 Å². The van der Waals surface area contributed by atoms with Crippen LogP contribution in [-0.4, -0.2) is 32.3 Å². The van der Waals surface area contributed by atoms with Gasteiger partial charge in [-0.05, 0) is 43.0 Å². The number of aryl methyl sites for hydroxylation is 1. The van der Waals surface area contributed by atoms with Crippen LogP contribution in [0.3, 0.4) is 0 Å². The van der Waals surface area contributed by atoms with Gasteiger partial charge < -0.3 is 15.2 Å². The molecule has 0 aliphatic carbocycles. The lowest BCUT2D eigenvalue weighted by atomic mass is 9.88. The fraction of sp³-hybridized carbons (Fsp3) is 0.435. The smallest absolute Gasteiger partial charge is 0.331 e. The van der Waals surface area contributed by atoms with Crippen LogP contribution in [0.5, 0.6) is 0 Å². The van der Waals surface area contributed by atoms with Crippen molar-refractivity contribution in [2.24, 2.45) is 19.8 Å². The molecule has 168 valence electrons. The molecular weight excluding hydrogens is 411 g/mol. The highest BCUT2D eigenvalue weighted by atomic mass is 19.1. The molecule has 1 aromatic carbocycles. The predicted octanol–water partition coefficient (Wildman–Crippen LogP) is 1.81. The number of piperidine rings is 1. The lowest BCUT2D eigenvalue weighted by molar-refractivity contribution is 0.332. The number of benzene rings is 1. The van der Waals surface area contributed by atoms with Crippen LogP contribution in [0.15, 0.2) is 33.9 Å². The van der Waals surface area contributed by atoms with Gasteiger partial charge in [0.15, 0.2) is 0 Å². The maximum atomic E-state index is 14.0. The van der Waals surface area contributed by atoms with Crippen LogP contribution in [0.4, 0.5) is 10.2 Å². The molecular formula is C23H27FN6O2. The molecule has 9 heteroatoms. The van der Waals surface area contributed by atoms with Gasteiger partial charge in [-0.2, -0.15) is 5.26 Å². The van der Waals surface area contributed by atoms with Crippen LogP contribution in [0, 0.1) is 17.1 Å². The molecule has 4 rings (SSSR count). The lowest BCUT2D eigenvalue weighted by Gasteiger charge is -2.41. The van der Waals surface area contributed by atoms with E-state index in [9.17, 15) is 19.2 Å². The second-order valence-corrected chi connectivity index (χ2v) is 8.68. The van der Waals surface area contributed by atoms with E-state index in [2.05, 4.69) is 17.9 Å². The van der Waals surface area contributed by atoms with Crippen LogP contribution in [0.25, 0.3) is 11.0 Å². The minimum atomic E-state index is -0.456. The molecule has 1 fully saturated rings. The summed E-state index contributed by atoms with van der Waals surface area (Å²) in [4.78, 5) is 27.8. The SMILES string of the molecule is CC[C@]1(N)CCCN(c2cc3c(c(=O)n(C)c(=O)n3C)n2Cc2cc(F)ccc2C#N)C1. The molecule has 1 atom stereocenters. The molecule has 2 aromatic heterocycles. The number of halogens is 1. The van der Waals surface area contributed by atoms with Gasteiger partial charge in [0, 0.05) is 38.8 Å². The van der Waals surface area contributed by atoms with Gasteiger partial charge in [-0.25, -0.2) is 9.18 Å². The van der Waals surface area contributed by atoms with Crippen molar-refractivity contribution in [3.63, 3.8) is 0 Å². The number of anilines is 1. The van der Waals surface area contributed by atoms with Crippen molar-refractivity contribution in [2.45, 2.75) is 38.3 Å². The van der Waals surface area contributed by atoms with Crippen LogP contribution in [-0.2, 0) is 20.6 Å². The van der Waals surface area contributed by atoms with Gasteiger partial charge in [0.05, 0.1) is 23.7 Å². The number of nitrogens with zero attached hydrogens (tertiary/aromatic N) is 5. The van der Waals surface area contributed by atoms with Crippen molar-refractivity contribution < 1.29 is 4.39 Å². The fourth-order valence-corrected chi connectivity index (χ4v) is 4.61. The summed E-state index contributed by atoms with van der Waals surface area (Å²) in [6.45, 7) is 3.53. The summed E-state index contributed by atoms with van der Waals surface area (Å²) in [6, 6.07) is 7.92. The number of hydrogen-bond donors (Lipinski definition) is 1. The number of rotatable bonds is 4. The van der Waals surface area contributed by atoms with Crippen LogP contribution in [0.1, 0.15) is 37.3 Å². The number of aromatic nitrogens is 3. The van der Waals surface area contributed by atoms with Crippen LogP contribution in [0.2, 0.25) is 0 Å². The summed E-state index contributed by atoms with van der Waals surface area (Å²) in [7, 11) is 3.06. The topological polar surface area (TPSA) is 102 Å². The zero-order valence-corrected chi connectivity index (χ0v) is 18.6. The Labute approximate surface area is 184 Å². The average molecular weight is 439 g/mol. The van der Waals surface area contributed by atoms with Gasteiger partial charge in [-0.3, -0.25) is 13.9 Å². The Morgan fingerprint density at radius 2 is 1.97 bits per heavy atom. The summed E-state index contributed by atoms with van der Waals surface area (Å²) < 4.78 is 18.3. The standard InChI is InChI=1S/C23H27FN6O2/c1-4-23(26)8-5-9-29(14-23)19-11-18-20(21(31)28(3)22(32)27(18)2)30(19)13-16-10-17(24)7-6-15(16)12-25/h6-7,10-11H,4-5,8-9,13-14,26H2,1-3H3/t23-/m0/s1. The van der Waals surface area contributed by atoms with E-state index >= 15 is 0 Å². The second kappa shape index (κ2) is 7.95. The fourth-order valence-electron chi connectivity index (χ4n) is 4.61. The first kappa shape index (κ1) is 21.8. The average Bonchev–Trinajstić information content (AvgIpc) is 3.16. The lowest BCUT2D eigenvalue weighted by Crippen LogP contribution is -2.54. The molecule has 3 aromatic rings. The van der Waals surface area contributed by atoms with E-state index in [1.807, 2.05) is 6.07 Å². The second-order valence-electron chi connectivity index (χ2n) is 8.68. The Morgan fingerprint density at radius 3 is 2.66 bits per heavy atom. The first-order valence-electron chi connectivity index (χ1n) is 10.7. The Bertz CT molecular complexity index is 1360. The van der Waals surface area contributed by atoms with E-state index in [1.54, 1.807) is 11.6 Å². The van der Waals surface area contributed by atoms with Gasteiger partial charge in [0.1, 0.15) is 17.2 Å². The zero-order valence-electron chi connectivity index (χ0n) is 18.6. The quantitative estimate of drug-likeness (QED) is 0.669. The first-order valence-corrected chi connectivity index (χ1v) is 10.7. The molecule has 0 amide bonds. The van der Waals surface area contributed by atoms with Crippen LogP contribution >= 0.6 is 0 Å². The summed E-state index contributed by atoms with van der Waals surface area (Å²) in [5, 5.41) is 9.53. The van der Waals surface area contributed by atoms with E-state index < -0.39 is 17.1 Å².